The lowest BCUT2D eigenvalue weighted by molar-refractivity contribution is 0.00670. The zero-order valence-electron chi connectivity index (χ0n) is 10.5. The Hall–Kier alpha value is -1.36. The quantitative estimate of drug-likeness (QED) is 0.481. The van der Waals surface area contributed by atoms with Gasteiger partial charge in [-0.15, -0.1) is 11.8 Å². The molecule has 4 N–H and O–H groups in total. The molecule has 94 valence electrons. The molecule has 0 bridgehead atoms. The second-order valence-corrected chi connectivity index (χ2v) is 5.50. The Morgan fingerprint density at radius 3 is 2.35 bits per heavy atom. The maximum absolute atomic E-state index is 12.0. The molecular formula is C12H18N2O2S. The smallest absolute Gasteiger partial charge is 0.341 e. The van der Waals surface area contributed by atoms with E-state index in [9.17, 15) is 4.79 Å². The van der Waals surface area contributed by atoms with Crippen LogP contribution in [-0.2, 0) is 4.74 Å². The van der Waals surface area contributed by atoms with Crippen LogP contribution in [0.4, 0.5) is 11.4 Å². The molecule has 0 unspecified atom stereocenters. The van der Waals surface area contributed by atoms with Crippen LogP contribution < -0.4 is 11.5 Å². The minimum atomic E-state index is -0.552. The van der Waals surface area contributed by atoms with E-state index in [1.807, 2.05) is 27.0 Å². The van der Waals surface area contributed by atoms with E-state index < -0.39 is 11.6 Å². The summed E-state index contributed by atoms with van der Waals surface area (Å²) in [6, 6.07) is 3.46. The fourth-order valence-electron chi connectivity index (χ4n) is 1.33. The van der Waals surface area contributed by atoms with Crippen molar-refractivity contribution in [1.82, 2.24) is 0 Å². The SMILES string of the molecule is CSc1ccc(N)c(N)c1C(=O)OC(C)(C)C. The summed E-state index contributed by atoms with van der Waals surface area (Å²) in [7, 11) is 0. The molecule has 17 heavy (non-hydrogen) atoms. The van der Waals surface area contributed by atoms with Crippen LogP contribution in [0.2, 0.25) is 0 Å². The van der Waals surface area contributed by atoms with Crippen LogP contribution in [-0.4, -0.2) is 17.8 Å². The normalized spacial score (nSPS) is 11.3. The first-order valence-corrected chi connectivity index (χ1v) is 6.44. The number of benzene rings is 1. The summed E-state index contributed by atoms with van der Waals surface area (Å²) in [5.41, 5.74) is 12.0. The fourth-order valence-corrected chi connectivity index (χ4v) is 1.93. The molecule has 0 heterocycles. The van der Waals surface area contributed by atoms with Crippen molar-refractivity contribution in [2.45, 2.75) is 31.3 Å². The Bertz CT molecular complexity index is 439. The molecule has 4 nitrogen and oxygen atoms in total. The molecule has 1 aromatic carbocycles. The van der Waals surface area contributed by atoms with Crippen molar-refractivity contribution in [1.29, 1.82) is 0 Å². The highest BCUT2D eigenvalue weighted by atomic mass is 32.2. The van der Waals surface area contributed by atoms with E-state index in [0.717, 1.165) is 4.90 Å². The molecule has 0 saturated heterocycles. The van der Waals surface area contributed by atoms with Gasteiger partial charge in [-0.05, 0) is 39.2 Å². The minimum Gasteiger partial charge on any atom is -0.456 e. The highest BCUT2D eigenvalue weighted by Crippen LogP contribution is 2.31. The number of esters is 1. The summed E-state index contributed by atoms with van der Waals surface area (Å²) < 4.78 is 5.31. The maximum Gasteiger partial charge on any atom is 0.341 e. The average Bonchev–Trinajstić information content (AvgIpc) is 2.19. The third-order valence-corrected chi connectivity index (χ3v) is 2.84. The molecule has 0 spiro atoms. The van der Waals surface area contributed by atoms with Crippen LogP contribution in [0, 0.1) is 0 Å². The number of anilines is 2. The number of nitrogen functional groups attached to an aromatic ring is 2. The fraction of sp³-hybridized carbons (Fsp3) is 0.417. The zero-order chi connectivity index (χ0) is 13.2. The van der Waals surface area contributed by atoms with E-state index in [4.69, 9.17) is 16.2 Å². The van der Waals surface area contributed by atoms with Crippen molar-refractivity contribution in [3.63, 3.8) is 0 Å². The highest BCUT2D eigenvalue weighted by molar-refractivity contribution is 7.98. The van der Waals surface area contributed by atoms with Crippen molar-refractivity contribution in [2.24, 2.45) is 0 Å². The van der Waals surface area contributed by atoms with Gasteiger partial charge in [0.1, 0.15) is 5.60 Å². The van der Waals surface area contributed by atoms with E-state index in [1.54, 1.807) is 12.1 Å². The molecule has 0 radical (unpaired) electrons. The molecule has 1 rings (SSSR count). The summed E-state index contributed by atoms with van der Waals surface area (Å²) >= 11 is 1.44. The van der Waals surface area contributed by atoms with Gasteiger partial charge in [0.05, 0.1) is 16.9 Å². The van der Waals surface area contributed by atoms with Crippen LogP contribution in [0.25, 0.3) is 0 Å². The number of hydrogen-bond acceptors (Lipinski definition) is 5. The van der Waals surface area contributed by atoms with E-state index >= 15 is 0 Å². The predicted octanol–water partition coefficient (Wildman–Crippen LogP) is 2.53. The van der Waals surface area contributed by atoms with Gasteiger partial charge >= 0.3 is 5.97 Å². The number of carbonyl (C=O) groups excluding carboxylic acids is 1. The van der Waals surface area contributed by atoms with Crippen molar-refractivity contribution in [2.75, 3.05) is 17.7 Å². The first-order chi connectivity index (χ1) is 7.76. The van der Waals surface area contributed by atoms with Crippen LogP contribution in [0.1, 0.15) is 31.1 Å². The topological polar surface area (TPSA) is 78.3 Å². The average molecular weight is 254 g/mol. The first-order valence-electron chi connectivity index (χ1n) is 5.21. The van der Waals surface area contributed by atoms with E-state index in [1.165, 1.54) is 11.8 Å². The van der Waals surface area contributed by atoms with Crippen molar-refractivity contribution in [3.8, 4) is 0 Å². The van der Waals surface area contributed by atoms with E-state index in [2.05, 4.69) is 0 Å². The molecule has 0 amide bonds. The van der Waals surface area contributed by atoms with Crippen LogP contribution in [0.3, 0.4) is 0 Å². The number of nitrogens with two attached hydrogens (primary N) is 2. The highest BCUT2D eigenvalue weighted by Gasteiger charge is 2.23. The zero-order valence-corrected chi connectivity index (χ0v) is 11.4. The Kier molecular flexibility index (Phi) is 3.93. The molecule has 0 aromatic heterocycles. The first kappa shape index (κ1) is 13.7. The Morgan fingerprint density at radius 2 is 1.88 bits per heavy atom. The van der Waals surface area contributed by atoms with Gasteiger partial charge in [-0.1, -0.05) is 0 Å². The van der Waals surface area contributed by atoms with Crippen LogP contribution in [0.5, 0.6) is 0 Å². The minimum absolute atomic E-state index is 0.283. The Labute approximate surface area is 106 Å². The molecule has 0 aliphatic rings. The van der Waals surface area contributed by atoms with Gasteiger partial charge in [0.2, 0.25) is 0 Å². The standard InChI is InChI=1S/C12H18N2O2S/c1-12(2,3)16-11(15)9-8(17-4)6-5-7(13)10(9)14/h5-6H,13-14H2,1-4H3. The van der Waals surface area contributed by atoms with Crippen LogP contribution in [0.15, 0.2) is 17.0 Å². The molecule has 0 fully saturated rings. The molecule has 5 heteroatoms. The molecular weight excluding hydrogens is 236 g/mol. The van der Waals surface area contributed by atoms with Crippen molar-refractivity contribution < 1.29 is 9.53 Å². The van der Waals surface area contributed by atoms with Gasteiger partial charge in [-0.3, -0.25) is 0 Å². The summed E-state index contributed by atoms with van der Waals surface area (Å²) in [5, 5.41) is 0. The summed E-state index contributed by atoms with van der Waals surface area (Å²) in [5.74, 6) is -0.438. The number of hydrogen-bond donors (Lipinski definition) is 2. The second-order valence-electron chi connectivity index (χ2n) is 4.65. The largest absolute Gasteiger partial charge is 0.456 e. The monoisotopic (exact) mass is 254 g/mol. The van der Waals surface area contributed by atoms with Gasteiger partial charge in [0.25, 0.3) is 0 Å². The van der Waals surface area contributed by atoms with Gasteiger partial charge in [0, 0.05) is 4.90 Å². The van der Waals surface area contributed by atoms with Crippen molar-refractivity contribution >= 4 is 29.1 Å². The van der Waals surface area contributed by atoms with Gasteiger partial charge < -0.3 is 16.2 Å². The van der Waals surface area contributed by atoms with E-state index in [0.29, 0.717) is 11.3 Å². The molecule has 0 aliphatic carbocycles. The molecule has 0 atom stereocenters. The lowest BCUT2D eigenvalue weighted by Crippen LogP contribution is -2.25. The lowest BCUT2D eigenvalue weighted by Gasteiger charge is -2.21. The molecule has 0 saturated carbocycles. The Morgan fingerprint density at radius 1 is 1.29 bits per heavy atom. The second kappa shape index (κ2) is 4.87. The number of rotatable bonds is 2. The predicted molar refractivity (Wildman–Crippen MR) is 72.2 cm³/mol. The summed E-state index contributed by atoms with van der Waals surface area (Å²) in [6.07, 6.45) is 1.87. The number of ether oxygens (including phenoxy) is 1. The van der Waals surface area contributed by atoms with Gasteiger partial charge in [-0.2, -0.15) is 0 Å². The molecule has 1 aromatic rings. The van der Waals surface area contributed by atoms with E-state index in [-0.39, 0.29) is 5.69 Å². The summed E-state index contributed by atoms with van der Waals surface area (Å²) in [6.45, 7) is 5.43. The molecule has 0 aliphatic heterocycles. The third-order valence-electron chi connectivity index (χ3n) is 2.06. The van der Waals surface area contributed by atoms with Gasteiger partial charge in [-0.25, -0.2) is 4.79 Å². The summed E-state index contributed by atoms with van der Waals surface area (Å²) in [4.78, 5) is 12.8. The maximum atomic E-state index is 12.0. The number of carbonyl (C=O) groups is 1. The lowest BCUT2D eigenvalue weighted by atomic mass is 10.1. The number of thioether (sulfide) groups is 1. The van der Waals surface area contributed by atoms with Crippen LogP contribution >= 0.6 is 11.8 Å². The third kappa shape index (κ3) is 3.30. The Balaban J connectivity index is 3.20. The van der Waals surface area contributed by atoms with Gasteiger partial charge in [0.15, 0.2) is 0 Å². The van der Waals surface area contributed by atoms with Crippen molar-refractivity contribution in [3.05, 3.63) is 17.7 Å².